The van der Waals surface area contributed by atoms with Crippen molar-refractivity contribution < 1.29 is 4.79 Å². The predicted octanol–water partition coefficient (Wildman–Crippen LogP) is 0.451. The van der Waals surface area contributed by atoms with E-state index in [0.717, 1.165) is 11.8 Å². The van der Waals surface area contributed by atoms with E-state index in [-0.39, 0.29) is 0 Å². The van der Waals surface area contributed by atoms with Crippen LogP contribution >= 0.6 is 0 Å². The summed E-state index contributed by atoms with van der Waals surface area (Å²) in [5.74, 6) is 1.75. The van der Waals surface area contributed by atoms with Crippen LogP contribution in [0.4, 0.5) is 0 Å². The van der Waals surface area contributed by atoms with E-state index in [1.54, 1.807) is 0 Å². The van der Waals surface area contributed by atoms with Crippen molar-refractivity contribution >= 4 is 6.29 Å². The van der Waals surface area contributed by atoms with Gasteiger partial charge in [0.2, 0.25) is 0 Å². The van der Waals surface area contributed by atoms with Crippen LogP contribution in [-0.4, -0.2) is 6.29 Å². The summed E-state index contributed by atoms with van der Waals surface area (Å²) in [6.07, 6.45) is 1.17. The van der Waals surface area contributed by atoms with Crippen LogP contribution in [0.15, 0.2) is 0 Å². The fourth-order valence-electron chi connectivity index (χ4n) is 2.38. The van der Waals surface area contributed by atoms with Crippen molar-refractivity contribution in [3.63, 3.8) is 0 Å². The van der Waals surface area contributed by atoms with Gasteiger partial charge in [-0.25, -0.2) is 0 Å². The second-order valence-corrected chi connectivity index (χ2v) is 3.29. The van der Waals surface area contributed by atoms with E-state index in [4.69, 9.17) is 0 Å². The monoisotopic (exact) mass is 94.0 g/mol. The third-order valence-corrected chi connectivity index (χ3v) is 3.40. The first-order valence-corrected chi connectivity index (χ1v) is 2.76. The summed E-state index contributed by atoms with van der Waals surface area (Å²) in [5.41, 5.74) is 0.877. The number of carbonyl (C=O) groups excluding carboxylic acids is 1. The average Bonchev–Trinajstić information content (AvgIpc) is 2.38. The maximum absolute atomic E-state index is 10.2. The van der Waals surface area contributed by atoms with Gasteiger partial charge in [-0.1, -0.05) is 6.92 Å². The zero-order valence-corrected chi connectivity index (χ0v) is 4.14. The summed E-state index contributed by atoms with van der Waals surface area (Å²) in [6, 6.07) is 0. The van der Waals surface area contributed by atoms with Crippen LogP contribution in [-0.2, 0) is 4.79 Å². The van der Waals surface area contributed by atoms with Gasteiger partial charge in [-0.15, -0.1) is 0 Å². The van der Waals surface area contributed by atoms with E-state index in [0.29, 0.717) is 10.8 Å². The van der Waals surface area contributed by atoms with E-state index in [1.807, 2.05) is 0 Å². The molecule has 7 heavy (non-hydrogen) atoms. The van der Waals surface area contributed by atoms with Crippen LogP contribution in [0.3, 0.4) is 0 Å². The molecule has 4 aliphatic carbocycles. The Morgan fingerprint density at radius 3 is 2.00 bits per heavy atom. The van der Waals surface area contributed by atoms with Gasteiger partial charge >= 0.3 is 0 Å². The Morgan fingerprint density at radius 2 is 2.00 bits per heavy atom. The van der Waals surface area contributed by atoms with Gasteiger partial charge in [-0.3, -0.25) is 0 Å². The normalized spacial score (nSPS) is 87.6. The van der Waals surface area contributed by atoms with Gasteiger partial charge in [0.1, 0.15) is 6.29 Å². The van der Waals surface area contributed by atoms with E-state index in [2.05, 4.69) is 6.92 Å². The molecular weight excluding hydrogens is 88.1 g/mol. The molecule has 2 unspecified atom stereocenters. The molecule has 0 bridgehead atoms. The molecular formula is C6H6O. The molecule has 0 N–H and O–H groups in total. The maximum atomic E-state index is 10.2. The van der Waals surface area contributed by atoms with Crippen molar-refractivity contribution in [2.24, 2.45) is 22.7 Å². The Hall–Kier alpha value is -0.330. The van der Waals surface area contributed by atoms with E-state index in [9.17, 15) is 4.79 Å². The molecule has 0 amide bonds. The third kappa shape index (κ3) is 0.0761. The highest BCUT2D eigenvalue weighted by atomic mass is 16.1. The summed E-state index contributed by atoms with van der Waals surface area (Å²) in [7, 11) is 0. The highest BCUT2D eigenvalue weighted by Crippen LogP contribution is 3.17. The Morgan fingerprint density at radius 1 is 1.57 bits per heavy atom. The smallest absolute Gasteiger partial charge is 0.127 e. The molecule has 0 aromatic carbocycles. The van der Waals surface area contributed by atoms with Crippen molar-refractivity contribution in [2.45, 2.75) is 6.92 Å². The van der Waals surface area contributed by atoms with Crippen LogP contribution < -0.4 is 0 Å². The van der Waals surface area contributed by atoms with E-state index < -0.39 is 0 Å². The lowest BCUT2D eigenvalue weighted by Crippen LogP contribution is -1.75. The first-order valence-electron chi connectivity index (χ1n) is 2.76. The van der Waals surface area contributed by atoms with Gasteiger partial charge in [0, 0.05) is 5.41 Å². The summed E-state index contributed by atoms with van der Waals surface area (Å²) >= 11 is 0. The zero-order valence-electron chi connectivity index (χ0n) is 4.14. The molecule has 4 saturated carbocycles. The predicted molar refractivity (Wildman–Crippen MR) is 23.6 cm³/mol. The first-order chi connectivity index (χ1) is 3.30. The van der Waals surface area contributed by atoms with Crippen LogP contribution in [0.1, 0.15) is 6.92 Å². The Bertz CT molecular complexity index is 173. The van der Waals surface area contributed by atoms with Crippen molar-refractivity contribution in [2.75, 3.05) is 0 Å². The van der Waals surface area contributed by atoms with Crippen LogP contribution in [0.2, 0.25) is 0 Å². The molecule has 0 aromatic heterocycles. The molecule has 0 aromatic rings. The molecule has 4 fully saturated rings. The average molecular weight is 94.1 g/mol. The van der Waals surface area contributed by atoms with Crippen molar-refractivity contribution in [3.05, 3.63) is 0 Å². The van der Waals surface area contributed by atoms with Gasteiger partial charge in [0.15, 0.2) is 0 Å². The summed E-state index contributed by atoms with van der Waals surface area (Å²) in [4.78, 5) is 10.2. The quantitative estimate of drug-likeness (QED) is 0.431. The van der Waals surface area contributed by atoms with Gasteiger partial charge < -0.3 is 4.79 Å². The Kier molecular flexibility index (Phi) is 0.145. The second-order valence-electron chi connectivity index (χ2n) is 3.29. The lowest BCUT2D eigenvalue weighted by Gasteiger charge is -1.65. The van der Waals surface area contributed by atoms with Gasteiger partial charge in [0.05, 0.1) is 0 Å². The van der Waals surface area contributed by atoms with Gasteiger partial charge in [0.25, 0.3) is 0 Å². The molecule has 0 spiro atoms. The second kappa shape index (κ2) is 0.355. The number of hydrogen-bond donors (Lipinski definition) is 0. The highest BCUT2D eigenvalue weighted by Gasteiger charge is 3.17. The molecule has 4 rings (SSSR count). The third-order valence-electron chi connectivity index (χ3n) is 3.40. The Balaban J connectivity index is 2.21. The minimum Gasteiger partial charge on any atom is -0.303 e. The zero-order chi connectivity index (χ0) is 4.86. The Labute approximate surface area is 41.7 Å². The lowest BCUT2D eigenvalue weighted by atomic mass is 10.4. The van der Waals surface area contributed by atoms with Crippen molar-refractivity contribution in [3.8, 4) is 0 Å². The SMILES string of the molecule is CC12C3C1C32C=O. The molecule has 0 saturated heterocycles. The molecule has 1 nitrogen and oxygen atoms in total. The molecule has 1 heteroatoms. The fourth-order valence-corrected chi connectivity index (χ4v) is 2.38. The first kappa shape index (κ1) is 2.85. The molecule has 0 aliphatic heterocycles. The van der Waals surface area contributed by atoms with Gasteiger partial charge in [-0.2, -0.15) is 0 Å². The minimum absolute atomic E-state index is 0.299. The van der Waals surface area contributed by atoms with Crippen LogP contribution in [0, 0.1) is 22.7 Å². The van der Waals surface area contributed by atoms with Gasteiger partial charge in [-0.05, 0) is 17.3 Å². The molecule has 4 aliphatic rings. The number of rotatable bonds is 1. The molecule has 0 radical (unpaired) electrons. The lowest BCUT2D eigenvalue weighted by molar-refractivity contribution is -0.109. The summed E-state index contributed by atoms with van der Waals surface area (Å²) in [6.45, 7) is 2.22. The molecule has 0 heterocycles. The standard InChI is InChI=1S/C6H6O/c1-5-3-4(5)6(3,5)2-7/h2-4H,1H3. The minimum atomic E-state index is 0.299. The van der Waals surface area contributed by atoms with Crippen LogP contribution in [0.5, 0.6) is 0 Å². The van der Waals surface area contributed by atoms with Crippen molar-refractivity contribution in [1.82, 2.24) is 0 Å². The summed E-state index contributed by atoms with van der Waals surface area (Å²) in [5, 5.41) is 0. The van der Waals surface area contributed by atoms with Crippen LogP contribution in [0.25, 0.3) is 0 Å². The number of hydrogen-bond acceptors (Lipinski definition) is 1. The largest absolute Gasteiger partial charge is 0.303 e. The summed E-state index contributed by atoms with van der Waals surface area (Å²) < 4.78 is 0. The maximum Gasteiger partial charge on any atom is 0.127 e. The number of aldehydes is 1. The molecule has 2 atom stereocenters. The fraction of sp³-hybridized carbons (Fsp3) is 0.833. The van der Waals surface area contributed by atoms with E-state index >= 15 is 0 Å². The highest BCUT2D eigenvalue weighted by molar-refractivity contribution is 5.89. The topological polar surface area (TPSA) is 17.1 Å². The van der Waals surface area contributed by atoms with E-state index in [1.165, 1.54) is 6.29 Å². The number of carbonyl (C=O) groups is 1. The van der Waals surface area contributed by atoms with Crippen molar-refractivity contribution in [1.29, 1.82) is 0 Å². The molecule has 36 valence electrons.